The summed E-state index contributed by atoms with van der Waals surface area (Å²) in [5.74, 6) is 0. The van der Waals surface area contributed by atoms with Gasteiger partial charge in [0.25, 0.3) is 0 Å². The van der Waals surface area contributed by atoms with Crippen LogP contribution < -0.4 is 17.0 Å². The number of nitrogens with zero attached hydrogens (tertiary/aromatic N) is 1. The Bertz CT molecular complexity index is 159. The van der Waals surface area contributed by atoms with Crippen LogP contribution in [0.5, 0.6) is 0 Å². The Kier molecular flexibility index (Phi) is 10.2. The minimum absolute atomic E-state index is 0. The van der Waals surface area contributed by atoms with Gasteiger partial charge in [-0.05, 0) is 20.8 Å². The second kappa shape index (κ2) is 8.60. The zero-order valence-electron chi connectivity index (χ0n) is 11.4. The van der Waals surface area contributed by atoms with E-state index in [9.17, 15) is 0 Å². The molecule has 0 N–H and O–H groups in total. The highest BCUT2D eigenvalue weighted by molar-refractivity contribution is 6.60. The predicted molar refractivity (Wildman–Crippen MR) is 63.5 cm³/mol. The summed E-state index contributed by atoms with van der Waals surface area (Å²) in [5, 5.41) is 0. The van der Waals surface area contributed by atoms with Crippen LogP contribution in [-0.4, -0.2) is 60.4 Å². The third-order valence-electron chi connectivity index (χ3n) is 1.76. The van der Waals surface area contributed by atoms with E-state index in [0.29, 0.717) is 19.8 Å². The van der Waals surface area contributed by atoms with Crippen molar-refractivity contribution in [1.29, 1.82) is 0 Å². The van der Waals surface area contributed by atoms with E-state index in [0.717, 1.165) is 10.7 Å². The number of halogens is 1. The fraction of sp³-hybridized carbons (Fsp3) is 1.00. The smallest absolute Gasteiger partial charge is 0.559 e. The van der Waals surface area contributed by atoms with Gasteiger partial charge in [0.05, 0.1) is 21.1 Å². The lowest BCUT2D eigenvalue weighted by molar-refractivity contribution is -0.862. The van der Waals surface area contributed by atoms with Gasteiger partial charge >= 0.3 is 8.80 Å². The molecule has 0 heterocycles. The second-order valence-electron chi connectivity index (χ2n) is 4.43. The molecule has 0 amide bonds. The molecule has 0 aliphatic rings. The first-order valence-electron chi connectivity index (χ1n) is 5.61. The molecule has 6 heteroatoms. The molecule has 0 radical (unpaired) electrons. The maximum absolute atomic E-state index is 5.77. The Hall–Kier alpha value is 0.537. The van der Waals surface area contributed by atoms with Crippen LogP contribution >= 0.6 is 0 Å². The molecule has 16 heavy (non-hydrogen) atoms. The summed E-state index contributed by atoms with van der Waals surface area (Å²) in [7, 11) is 3.91. The molecule has 0 aromatic heterocycles. The van der Waals surface area contributed by atoms with Crippen LogP contribution in [0.25, 0.3) is 0 Å². The molecule has 0 bridgehead atoms. The van der Waals surface area contributed by atoms with Crippen molar-refractivity contribution >= 4 is 8.80 Å². The topological polar surface area (TPSA) is 27.7 Å². The van der Waals surface area contributed by atoms with Crippen molar-refractivity contribution in [3.63, 3.8) is 0 Å². The quantitative estimate of drug-likeness (QED) is 0.394. The molecule has 0 rings (SSSR count). The SMILES string of the molecule is CCO[Si](C[N+](C)(C)C)(OCC)OCC.[Br-]. The number of quaternary nitrogens is 1. The van der Waals surface area contributed by atoms with Gasteiger partial charge in [-0.1, -0.05) is 0 Å². The fourth-order valence-electron chi connectivity index (χ4n) is 1.50. The molecule has 4 nitrogen and oxygen atoms in total. The summed E-state index contributed by atoms with van der Waals surface area (Å²) < 4.78 is 18.1. The van der Waals surface area contributed by atoms with Gasteiger partial charge < -0.3 is 34.7 Å². The van der Waals surface area contributed by atoms with Crippen molar-refractivity contribution < 1.29 is 34.7 Å². The number of hydrogen-bond acceptors (Lipinski definition) is 3. The highest BCUT2D eigenvalue weighted by atomic mass is 79.9. The normalized spacial score (nSPS) is 12.4. The standard InChI is InChI=1S/C10H26NO3Si.BrH/c1-7-12-15(13-8-2,14-9-3)10-11(4,5)6;/h7-10H2,1-6H3;1H/q+1;/p-1. The van der Waals surface area contributed by atoms with E-state index in [4.69, 9.17) is 13.3 Å². The monoisotopic (exact) mass is 315 g/mol. The molecule has 100 valence electrons. The average molecular weight is 316 g/mol. The van der Waals surface area contributed by atoms with Gasteiger partial charge in [-0.3, -0.25) is 0 Å². The molecule has 0 saturated carbocycles. The summed E-state index contributed by atoms with van der Waals surface area (Å²) in [6, 6.07) is 0. The summed E-state index contributed by atoms with van der Waals surface area (Å²) in [4.78, 5) is 0. The van der Waals surface area contributed by atoms with Crippen LogP contribution in [-0.2, 0) is 13.3 Å². The first-order valence-corrected chi connectivity index (χ1v) is 7.54. The Morgan fingerprint density at radius 1 is 0.812 bits per heavy atom. The van der Waals surface area contributed by atoms with Gasteiger partial charge in [0.2, 0.25) is 0 Å². The van der Waals surface area contributed by atoms with E-state index < -0.39 is 8.80 Å². The van der Waals surface area contributed by atoms with Gasteiger partial charge in [-0.2, -0.15) is 0 Å². The Labute approximate surface area is 112 Å². The van der Waals surface area contributed by atoms with Gasteiger partial charge in [0.15, 0.2) is 0 Å². The van der Waals surface area contributed by atoms with Gasteiger partial charge in [-0.25, -0.2) is 0 Å². The molecule has 0 atom stereocenters. The van der Waals surface area contributed by atoms with Crippen molar-refractivity contribution in [3.8, 4) is 0 Å². The van der Waals surface area contributed by atoms with E-state index in [1.165, 1.54) is 0 Å². The molecule has 0 spiro atoms. The van der Waals surface area contributed by atoms with E-state index in [1.807, 2.05) is 20.8 Å². The van der Waals surface area contributed by atoms with Crippen LogP contribution in [0.3, 0.4) is 0 Å². The molecule has 0 aromatic rings. The average Bonchev–Trinajstić information content (AvgIpc) is 2.01. The van der Waals surface area contributed by atoms with E-state index >= 15 is 0 Å². The molecular formula is C10H26BrNO3Si. The van der Waals surface area contributed by atoms with E-state index in [1.54, 1.807) is 0 Å². The maximum atomic E-state index is 5.77. The lowest BCUT2D eigenvalue weighted by Gasteiger charge is -2.34. The largest absolute Gasteiger partial charge is 1.00 e. The van der Waals surface area contributed by atoms with Crippen molar-refractivity contribution in [2.45, 2.75) is 20.8 Å². The molecule has 0 aliphatic carbocycles. The van der Waals surface area contributed by atoms with Crippen molar-refractivity contribution in [2.75, 3.05) is 47.1 Å². The van der Waals surface area contributed by atoms with Gasteiger partial charge in [0.1, 0.15) is 6.17 Å². The van der Waals surface area contributed by atoms with Crippen LogP contribution in [0.2, 0.25) is 0 Å². The van der Waals surface area contributed by atoms with Crippen LogP contribution in [0.15, 0.2) is 0 Å². The minimum Gasteiger partial charge on any atom is -1.00 e. The summed E-state index contributed by atoms with van der Waals surface area (Å²) in [6.45, 7) is 7.88. The highest BCUT2D eigenvalue weighted by Crippen LogP contribution is 2.13. The highest BCUT2D eigenvalue weighted by Gasteiger charge is 2.46. The Morgan fingerprint density at radius 3 is 1.31 bits per heavy atom. The molecule has 0 aromatic carbocycles. The van der Waals surface area contributed by atoms with Crippen LogP contribution in [0.1, 0.15) is 20.8 Å². The lowest BCUT2D eigenvalue weighted by Crippen LogP contribution is -3.00. The zero-order chi connectivity index (χ0) is 11.9. The number of hydrogen-bond donors (Lipinski definition) is 0. The lowest BCUT2D eigenvalue weighted by atomic mass is 10.8. The summed E-state index contributed by atoms with van der Waals surface area (Å²) in [5.41, 5.74) is 0. The summed E-state index contributed by atoms with van der Waals surface area (Å²) in [6.07, 6.45) is 0.808. The molecule has 0 saturated heterocycles. The Morgan fingerprint density at radius 2 is 1.12 bits per heavy atom. The van der Waals surface area contributed by atoms with Crippen molar-refractivity contribution in [3.05, 3.63) is 0 Å². The fourth-order valence-corrected chi connectivity index (χ4v) is 4.51. The first kappa shape index (κ1) is 18.9. The van der Waals surface area contributed by atoms with Crippen LogP contribution in [0, 0.1) is 0 Å². The number of rotatable bonds is 8. The third kappa shape index (κ3) is 7.75. The first-order chi connectivity index (χ1) is 6.89. The molecule has 0 aliphatic heterocycles. The second-order valence-corrected chi connectivity index (χ2v) is 6.98. The van der Waals surface area contributed by atoms with Crippen molar-refractivity contribution in [2.24, 2.45) is 0 Å². The minimum atomic E-state index is -2.46. The third-order valence-corrected chi connectivity index (χ3v) is 5.28. The predicted octanol–water partition coefficient (Wildman–Crippen LogP) is -1.72. The zero-order valence-corrected chi connectivity index (χ0v) is 14.0. The summed E-state index contributed by atoms with van der Waals surface area (Å²) >= 11 is 0. The van der Waals surface area contributed by atoms with E-state index in [-0.39, 0.29) is 17.0 Å². The molecule has 0 unspecified atom stereocenters. The van der Waals surface area contributed by atoms with Crippen molar-refractivity contribution in [1.82, 2.24) is 0 Å². The maximum Gasteiger partial charge on any atom is 0.559 e. The molecule has 0 fully saturated rings. The van der Waals surface area contributed by atoms with Gasteiger partial charge in [0, 0.05) is 19.8 Å². The van der Waals surface area contributed by atoms with Gasteiger partial charge in [-0.15, -0.1) is 0 Å². The van der Waals surface area contributed by atoms with Crippen LogP contribution in [0.4, 0.5) is 0 Å². The Balaban J connectivity index is 0. The molecular weight excluding hydrogens is 290 g/mol. The van der Waals surface area contributed by atoms with E-state index in [2.05, 4.69) is 21.1 Å².